The van der Waals surface area contributed by atoms with Gasteiger partial charge >= 0.3 is 0 Å². The Morgan fingerprint density at radius 3 is 2.46 bits per heavy atom. The number of carbonyl (C=O) groups excluding carboxylic acids is 1. The molecule has 0 saturated carbocycles. The fourth-order valence-electron chi connectivity index (χ4n) is 3.01. The molecule has 1 aromatic heterocycles. The number of ether oxygens (including phenoxy) is 1. The fraction of sp³-hybridized carbons (Fsp3) is 0.333. The van der Waals surface area contributed by atoms with Crippen molar-refractivity contribution in [1.29, 1.82) is 0 Å². The van der Waals surface area contributed by atoms with Crippen LogP contribution >= 0.6 is 11.6 Å². The van der Waals surface area contributed by atoms with E-state index in [1.807, 2.05) is 6.07 Å². The molecule has 1 aliphatic rings. The molecular formula is C18H21ClN4O4S. The van der Waals surface area contributed by atoms with Crippen molar-refractivity contribution in [3.05, 3.63) is 47.1 Å². The lowest BCUT2D eigenvalue weighted by Gasteiger charge is -2.35. The van der Waals surface area contributed by atoms with Gasteiger partial charge in [0, 0.05) is 37.9 Å². The summed E-state index contributed by atoms with van der Waals surface area (Å²) in [7, 11) is -1.05. The largest absolute Gasteiger partial charge is 0.495 e. The molecule has 1 amide bonds. The van der Waals surface area contributed by atoms with Gasteiger partial charge in [-0.05, 0) is 37.4 Å². The Labute approximate surface area is 169 Å². The van der Waals surface area contributed by atoms with Gasteiger partial charge in [-0.25, -0.2) is 18.1 Å². The van der Waals surface area contributed by atoms with Crippen LogP contribution in [0.4, 0.5) is 5.82 Å². The van der Waals surface area contributed by atoms with Gasteiger partial charge in [0.2, 0.25) is 10.0 Å². The summed E-state index contributed by atoms with van der Waals surface area (Å²) < 4.78 is 31.8. The van der Waals surface area contributed by atoms with Crippen molar-refractivity contribution < 1.29 is 17.9 Å². The van der Waals surface area contributed by atoms with E-state index in [0.717, 1.165) is 5.82 Å². The standard InChI is InChI=1S/C18H21ClN4O4S/c1-20-28(25,26)16-11-13(3-5-15(16)27-2)18(24)23-9-7-22(8-10-23)17-6-4-14(19)12-21-17/h3-6,11-12,20H,7-10H2,1-2H3. The third-order valence-corrected chi connectivity index (χ3v) is 6.23. The number of halogens is 1. The number of sulfonamides is 1. The third kappa shape index (κ3) is 4.21. The molecule has 0 aliphatic carbocycles. The summed E-state index contributed by atoms with van der Waals surface area (Å²) in [5, 5.41) is 0.574. The molecule has 10 heteroatoms. The molecule has 2 heterocycles. The monoisotopic (exact) mass is 424 g/mol. The van der Waals surface area contributed by atoms with Gasteiger partial charge in [0.15, 0.2) is 0 Å². The van der Waals surface area contributed by atoms with E-state index >= 15 is 0 Å². The smallest absolute Gasteiger partial charge is 0.254 e. The number of hydrogen-bond donors (Lipinski definition) is 1. The molecule has 8 nitrogen and oxygen atoms in total. The predicted molar refractivity (Wildman–Crippen MR) is 107 cm³/mol. The van der Waals surface area contributed by atoms with Crippen molar-refractivity contribution in [2.75, 3.05) is 45.2 Å². The second-order valence-electron chi connectivity index (χ2n) is 6.19. The molecule has 1 aliphatic heterocycles. The van der Waals surface area contributed by atoms with Gasteiger partial charge in [0.1, 0.15) is 16.5 Å². The number of piperazine rings is 1. The van der Waals surface area contributed by atoms with Gasteiger partial charge in [-0.15, -0.1) is 0 Å². The zero-order valence-electron chi connectivity index (χ0n) is 15.6. The first-order valence-electron chi connectivity index (χ1n) is 8.63. The molecule has 0 atom stereocenters. The van der Waals surface area contributed by atoms with E-state index in [2.05, 4.69) is 14.6 Å². The normalized spacial score (nSPS) is 14.8. The van der Waals surface area contributed by atoms with E-state index < -0.39 is 10.0 Å². The Balaban J connectivity index is 1.75. The quantitative estimate of drug-likeness (QED) is 0.784. The summed E-state index contributed by atoms with van der Waals surface area (Å²) in [5.74, 6) is 0.770. The molecule has 2 aromatic rings. The molecule has 0 bridgehead atoms. The number of amides is 1. The number of benzene rings is 1. The number of nitrogens with zero attached hydrogens (tertiary/aromatic N) is 3. The van der Waals surface area contributed by atoms with Crippen LogP contribution in [-0.2, 0) is 10.0 Å². The lowest BCUT2D eigenvalue weighted by molar-refractivity contribution is 0.0746. The Bertz CT molecular complexity index is 958. The molecule has 1 aromatic carbocycles. The number of aromatic nitrogens is 1. The highest BCUT2D eigenvalue weighted by molar-refractivity contribution is 7.89. The number of methoxy groups -OCH3 is 1. The van der Waals surface area contributed by atoms with E-state index in [1.54, 1.807) is 23.2 Å². The SMILES string of the molecule is CNS(=O)(=O)c1cc(C(=O)N2CCN(c3ccc(Cl)cn3)CC2)ccc1OC. The average Bonchev–Trinajstić information content (AvgIpc) is 2.73. The number of pyridine rings is 1. The van der Waals surface area contributed by atoms with Crippen LogP contribution < -0.4 is 14.4 Å². The first-order chi connectivity index (χ1) is 13.4. The molecule has 1 saturated heterocycles. The maximum Gasteiger partial charge on any atom is 0.254 e. The van der Waals surface area contributed by atoms with E-state index in [-0.39, 0.29) is 16.6 Å². The van der Waals surface area contributed by atoms with Crippen molar-refractivity contribution in [2.24, 2.45) is 0 Å². The van der Waals surface area contributed by atoms with E-state index in [0.29, 0.717) is 36.8 Å². The Morgan fingerprint density at radius 1 is 1.18 bits per heavy atom. The highest BCUT2D eigenvalue weighted by atomic mass is 35.5. The molecule has 3 rings (SSSR count). The van der Waals surface area contributed by atoms with Gasteiger partial charge in [-0.2, -0.15) is 0 Å². The second kappa shape index (κ2) is 8.34. The minimum absolute atomic E-state index is 0.0626. The van der Waals surface area contributed by atoms with Crippen molar-refractivity contribution in [3.63, 3.8) is 0 Å². The maximum atomic E-state index is 12.9. The van der Waals surface area contributed by atoms with Crippen molar-refractivity contribution >= 4 is 33.3 Å². The third-order valence-electron chi connectivity index (χ3n) is 4.57. The molecule has 1 fully saturated rings. The minimum atomic E-state index is -3.75. The van der Waals surface area contributed by atoms with Crippen molar-refractivity contribution in [1.82, 2.24) is 14.6 Å². The lowest BCUT2D eigenvalue weighted by Crippen LogP contribution is -2.49. The number of anilines is 1. The summed E-state index contributed by atoms with van der Waals surface area (Å²) in [6, 6.07) is 8.04. The molecule has 150 valence electrons. The molecular weight excluding hydrogens is 404 g/mol. The average molecular weight is 425 g/mol. The lowest BCUT2D eigenvalue weighted by atomic mass is 10.1. The highest BCUT2D eigenvalue weighted by Gasteiger charge is 2.25. The number of carbonyl (C=O) groups is 1. The van der Waals surface area contributed by atoms with Gasteiger partial charge in [0.25, 0.3) is 5.91 Å². The zero-order valence-corrected chi connectivity index (χ0v) is 17.1. The predicted octanol–water partition coefficient (Wildman–Crippen LogP) is 1.61. The molecule has 0 radical (unpaired) electrons. The molecule has 0 spiro atoms. The summed E-state index contributed by atoms with van der Waals surface area (Å²) in [6.07, 6.45) is 1.59. The molecule has 0 unspecified atom stereocenters. The maximum absolute atomic E-state index is 12.9. The number of hydrogen-bond acceptors (Lipinski definition) is 6. The van der Waals surface area contributed by atoms with Gasteiger partial charge in [0.05, 0.1) is 12.1 Å². The van der Waals surface area contributed by atoms with Crippen molar-refractivity contribution in [3.8, 4) is 5.75 Å². The van der Waals surface area contributed by atoms with Crippen LogP contribution in [-0.4, -0.2) is 64.5 Å². The zero-order chi connectivity index (χ0) is 20.3. The van der Waals surface area contributed by atoms with Gasteiger partial charge < -0.3 is 14.5 Å². The Kier molecular flexibility index (Phi) is 6.07. The fourth-order valence-corrected chi connectivity index (χ4v) is 4.04. The van der Waals surface area contributed by atoms with Crippen LogP contribution in [0.25, 0.3) is 0 Å². The van der Waals surface area contributed by atoms with Gasteiger partial charge in [-0.3, -0.25) is 4.79 Å². The van der Waals surface area contributed by atoms with E-state index in [4.69, 9.17) is 16.3 Å². The van der Waals surface area contributed by atoms with Crippen LogP contribution in [0.3, 0.4) is 0 Å². The number of nitrogens with one attached hydrogen (secondary N) is 1. The number of rotatable bonds is 5. The van der Waals surface area contributed by atoms with Crippen LogP contribution in [0.2, 0.25) is 5.02 Å². The molecule has 28 heavy (non-hydrogen) atoms. The first-order valence-corrected chi connectivity index (χ1v) is 10.5. The Hall–Kier alpha value is -2.36. The summed E-state index contributed by atoms with van der Waals surface area (Å²) >= 11 is 5.87. The molecule has 1 N–H and O–H groups in total. The van der Waals surface area contributed by atoms with Gasteiger partial charge in [-0.1, -0.05) is 11.6 Å². The van der Waals surface area contributed by atoms with Crippen molar-refractivity contribution in [2.45, 2.75) is 4.90 Å². The summed E-state index contributed by atoms with van der Waals surface area (Å²) in [6.45, 7) is 2.25. The highest BCUT2D eigenvalue weighted by Crippen LogP contribution is 2.25. The topological polar surface area (TPSA) is 91.8 Å². The summed E-state index contributed by atoms with van der Waals surface area (Å²) in [5.41, 5.74) is 0.299. The summed E-state index contributed by atoms with van der Waals surface area (Å²) in [4.78, 5) is 20.9. The first kappa shape index (κ1) is 20.4. The second-order valence-corrected chi connectivity index (χ2v) is 8.48. The minimum Gasteiger partial charge on any atom is -0.495 e. The van der Waals surface area contributed by atoms with Crippen LogP contribution in [0, 0.1) is 0 Å². The Morgan fingerprint density at radius 2 is 1.89 bits per heavy atom. The van der Waals surface area contributed by atoms with E-state index in [1.165, 1.54) is 26.3 Å². The van der Waals surface area contributed by atoms with Crippen LogP contribution in [0.15, 0.2) is 41.4 Å². The van der Waals surface area contributed by atoms with E-state index in [9.17, 15) is 13.2 Å². The van der Waals surface area contributed by atoms with Crippen LogP contribution in [0.1, 0.15) is 10.4 Å². The van der Waals surface area contributed by atoms with Crippen LogP contribution in [0.5, 0.6) is 5.75 Å².